The van der Waals surface area contributed by atoms with Crippen molar-refractivity contribution in [3.8, 4) is 0 Å². The number of amides is 4. The van der Waals surface area contributed by atoms with Gasteiger partial charge in [-0.1, -0.05) is 78.9 Å². The first-order valence-corrected chi connectivity index (χ1v) is 13.7. The number of anilines is 3. The van der Waals surface area contributed by atoms with E-state index in [-0.39, 0.29) is 18.5 Å². The van der Waals surface area contributed by atoms with Gasteiger partial charge in [0.05, 0.1) is 5.69 Å². The molecule has 0 saturated heterocycles. The third-order valence-corrected chi connectivity index (χ3v) is 7.52. The van der Waals surface area contributed by atoms with E-state index in [9.17, 15) is 14.4 Å². The maximum atomic E-state index is 13.9. The van der Waals surface area contributed by atoms with Gasteiger partial charge in [-0.25, -0.2) is 9.59 Å². The normalized spacial score (nSPS) is 15.5. The lowest BCUT2D eigenvalue weighted by molar-refractivity contribution is -0.133. The van der Waals surface area contributed by atoms with Crippen molar-refractivity contribution in [2.45, 2.75) is 32.0 Å². The summed E-state index contributed by atoms with van der Waals surface area (Å²) in [6.07, 6.45) is 0.478. The molecule has 2 aliphatic heterocycles. The quantitative estimate of drug-likeness (QED) is 0.322. The van der Waals surface area contributed by atoms with Crippen LogP contribution in [0.2, 0.25) is 0 Å². The number of nitrogens with one attached hydrogen (secondary N) is 2. The van der Waals surface area contributed by atoms with E-state index in [2.05, 4.69) is 10.6 Å². The molecule has 2 heterocycles. The van der Waals surface area contributed by atoms with Crippen molar-refractivity contribution < 1.29 is 19.1 Å². The predicted octanol–water partition coefficient (Wildman–Crippen LogP) is 5.98. The summed E-state index contributed by atoms with van der Waals surface area (Å²) in [7, 11) is 0. The minimum Gasteiger partial charge on any atom is -0.444 e. The number of hydrogen-bond acceptors (Lipinski definition) is 4. The number of fused-ring (bicyclic) bond motifs is 2. The number of carbonyl (C=O) groups excluding carboxylic acids is 3. The zero-order valence-corrected chi connectivity index (χ0v) is 22.5. The van der Waals surface area contributed by atoms with Crippen LogP contribution in [0.15, 0.2) is 103 Å². The van der Waals surface area contributed by atoms with Gasteiger partial charge in [-0.15, -0.1) is 0 Å². The monoisotopic (exact) mass is 546 g/mol. The molecule has 0 saturated carbocycles. The molecule has 1 atom stereocenters. The maximum Gasteiger partial charge on any atom is 0.415 e. The Balaban J connectivity index is 1.16. The van der Waals surface area contributed by atoms with Crippen LogP contribution in [-0.2, 0) is 35.5 Å². The second kappa shape index (κ2) is 11.6. The largest absolute Gasteiger partial charge is 0.444 e. The molecule has 0 fully saturated rings. The molecule has 0 spiro atoms. The van der Waals surface area contributed by atoms with E-state index in [1.54, 1.807) is 4.90 Å². The van der Waals surface area contributed by atoms with Gasteiger partial charge in [0.1, 0.15) is 12.6 Å². The molecule has 4 aromatic carbocycles. The molecule has 4 amide bonds. The first-order chi connectivity index (χ1) is 20.1. The van der Waals surface area contributed by atoms with Crippen LogP contribution < -0.4 is 15.5 Å². The van der Waals surface area contributed by atoms with Crippen molar-refractivity contribution in [1.29, 1.82) is 0 Å². The summed E-state index contributed by atoms with van der Waals surface area (Å²) in [6, 6.07) is 31.1. The van der Waals surface area contributed by atoms with E-state index in [0.29, 0.717) is 37.3 Å². The summed E-state index contributed by atoms with van der Waals surface area (Å²) in [5.74, 6) is -0.122. The lowest BCUT2D eigenvalue weighted by Gasteiger charge is -2.34. The molecule has 8 heteroatoms. The summed E-state index contributed by atoms with van der Waals surface area (Å²) < 4.78 is 5.66. The highest BCUT2D eigenvalue weighted by Crippen LogP contribution is 2.35. The zero-order chi connectivity index (χ0) is 28.2. The minimum atomic E-state index is -0.685. The van der Waals surface area contributed by atoms with E-state index in [0.717, 1.165) is 27.9 Å². The Hall–Kier alpha value is -5.11. The molecule has 2 N–H and O–H groups in total. The van der Waals surface area contributed by atoms with Crippen molar-refractivity contribution >= 4 is 35.1 Å². The van der Waals surface area contributed by atoms with E-state index >= 15 is 0 Å². The van der Waals surface area contributed by atoms with Crippen molar-refractivity contribution in [3.63, 3.8) is 0 Å². The topological polar surface area (TPSA) is 91.0 Å². The Morgan fingerprint density at radius 3 is 2.29 bits per heavy atom. The maximum absolute atomic E-state index is 13.9. The third-order valence-electron chi connectivity index (χ3n) is 7.52. The number of hydrogen-bond donors (Lipinski definition) is 2. The highest BCUT2D eigenvalue weighted by molar-refractivity contribution is 6.01. The van der Waals surface area contributed by atoms with Crippen LogP contribution in [0.4, 0.5) is 26.7 Å². The van der Waals surface area contributed by atoms with Crippen molar-refractivity contribution in [2.75, 3.05) is 22.1 Å². The van der Waals surface area contributed by atoms with Crippen LogP contribution in [0.3, 0.4) is 0 Å². The molecule has 0 radical (unpaired) electrons. The smallest absolute Gasteiger partial charge is 0.415 e. The lowest BCUT2D eigenvalue weighted by Crippen LogP contribution is -2.51. The molecule has 41 heavy (non-hydrogen) atoms. The molecule has 206 valence electrons. The van der Waals surface area contributed by atoms with Gasteiger partial charge in [-0.3, -0.25) is 9.69 Å². The van der Waals surface area contributed by atoms with Gasteiger partial charge < -0.3 is 20.3 Å². The Morgan fingerprint density at radius 1 is 0.780 bits per heavy atom. The Morgan fingerprint density at radius 2 is 1.49 bits per heavy atom. The van der Waals surface area contributed by atoms with Crippen LogP contribution in [0.25, 0.3) is 0 Å². The molecule has 8 nitrogen and oxygen atoms in total. The number of urea groups is 1. The van der Waals surface area contributed by atoms with Crippen molar-refractivity contribution in [3.05, 3.63) is 125 Å². The number of carbonyl (C=O) groups is 3. The highest BCUT2D eigenvalue weighted by Gasteiger charge is 2.41. The summed E-state index contributed by atoms with van der Waals surface area (Å²) in [6.45, 7) is 0.998. The molecule has 4 aromatic rings. The van der Waals surface area contributed by atoms with Gasteiger partial charge in [0.15, 0.2) is 0 Å². The first-order valence-electron chi connectivity index (χ1n) is 13.7. The molecule has 0 bridgehead atoms. The van der Waals surface area contributed by atoms with Crippen LogP contribution in [0, 0.1) is 0 Å². The van der Waals surface area contributed by atoms with Crippen LogP contribution in [0.1, 0.15) is 22.3 Å². The number of benzene rings is 4. The van der Waals surface area contributed by atoms with Gasteiger partial charge in [0.2, 0.25) is 5.91 Å². The first kappa shape index (κ1) is 26.1. The molecular weight excluding hydrogens is 516 g/mol. The van der Waals surface area contributed by atoms with E-state index in [1.165, 1.54) is 4.90 Å². The molecule has 2 aliphatic rings. The SMILES string of the molecule is O=C(Nc1ccccc1)Nc1cccc2c1CCN(C(=O)[C@H]1Cc3ccccc3N1C(=O)OCc1ccccc1)C2. The second-order valence-corrected chi connectivity index (χ2v) is 10.2. The fraction of sp³-hybridized carbons (Fsp3) is 0.182. The zero-order valence-electron chi connectivity index (χ0n) is 22.5. The number of para-hydroxylation sites is 2. The van der Waals surface area contributed by atoms with Gasteiger partial charge in [-0.05, 0) is 52.9 Å². The summed E-state index contributed by atoms with van der Waals surface area (Å²) in [5, 5.41) is 5.80. The Labute approximate surface area is 238 Å². The van der Waals surface area contributed by atoms with E-state index in [4.69, 9.17) is 4.74 Å². The fourth-order valence-electron chi connectivity index (χ4n) is 5.53. The molecule has 0 aromatic heterocycles. The van der Waals surface area contributed by atoms with Gasteiger partial charge in [-0.2, -0.15) is 0 Å². The average molecular weight is 547 g/mol. The highest BCUT2D eigenvalue weighted by atomic mass is 16.6. The Kier molecular flexibility index (Phi) is 7.36. The molecule has 0 aliphatic carbocycles. The minimum absolute atomic E-state index is 0.122. The average Bonchev–Trinajstić information content (AvgIpc) is 3.40. The second-order valence-electron chi connectivity index (χ2n) is 10.2. The summed E-state index contributed by atoms with van der Waals surface area (Å²) in [5.41, 5.74) is 5.93. The van der Waals surface area contributed by atoms with Gasteiger partial charge in [0, 0.05) is 30.9 Å². The van der Waals surface area contributed by atoms with Gasteiger partial charge in [0.25, 0.3) is 0 Å². The van der Waals surface area contributed by atoms with Crippen LogP contribution >= 0.6 is 0 Å². The summed E-state index contributed by atoms with van der Waals surface area (Å²) in [4.78, 5) is 43.2. The number of rotatable bonds is 5. The standard InChI is InChI=1S/C33H30N4O4/c38-31(30-20-24-12-7-8-17-29(24)37(30)33(40)41-22-23-10-3-1-4-11-23)36-19-18-27-25(21-36)13-9-16-28(27)35-32(39)34-26-14-5-2-6-15-26/h1-17,30H,18-22H2,(H2,34,35,39)/t30-/m1/s1. The molecule has 6 rings (SSSR count). The van der Waals surface area contributed by atoms with Crippen molar-refractivity contribution in [2.24, 2.45) is 0 Å². The Bertz CT molecular complexity index is 1570. The number of ether oxygens (including phenoxy) is 1. The molecular formula is C33H30N4O4. The van der Waals surface area contributed by atoms with E-state index < -0.39 is 12.1 Å². The lowest BCUT2D eigenvalue weighted by atomic mass is 9.97. The fourth-order valence-corrected chi connectivity index (χ4v) is 5.53. The van der Waals surface area contributed by atoms with Crippen LogP contribution in [0.5, 0.6) is 0 Å². The predicted molar refractivity (Wildman–Crippen MR) is 158 cm³/mol. The number of nitrogens with zero attached hydrogens (tertiary/aromatic N) is 2. The molecule has 0 unspecified atom stereocenters. The van der Waals surface area contributed by atoms with Crippen molar-refractivity contribution in [1.82, 2.24) is 4.90 Å². The van der Waals surface area contributed by atoms with E-state index in [1.807, 2.05) is 103 Å². The van der Waals surface area contributed by atoms with Gasteiger partial charge >= 0.3 is 12.1 Å². The third kappa shape index (κ3) is 5.63. The summed E-state index contributed by atoms with van der Waals surface area (Å²) >= 11 is 0. The van der Waals surface area contributed by atoms with Crippen LogP contribution in [-0.4, -0.2) is 35.5 Å².